The molecule has 3 rings (SSSR count). The Morgan fingerprint density at radius 3 is 2.60 bits per heavy atom. The first kappa shape index (κ1) is 17.0. The monoisotopic (exact) mass is 338 g/mol. The maximum absolute atomic E-state index is 12.7. The average molecular weight is 338 g/mol. The molecule has 2 aromatic carbocycles. The van der Waals surface area contributed by atoms with Crippen molar-refractivity contribution < 1.29 is 14.3 Å². The molecule has 1 unspecified atom stereocenters. The molecule has 2 amide bonds. The number of aryl methyl sites for hydroxylation is 2. The fourth-order valence-corrected chi connectivity index (χ4v) is 3.00. The molecule has 0 bridgehead atoms. The molecule has 1 aliphatic rings. The van der Waals surface area contributed by atoms with Gasteiger partial charge in [-0.1, -0.05) is 42.0 Å². The number of nitrogens with one attached hydrogen (secondary N) is 1. The van der Waals surface area contributed by atoms with Gasteiger partial charge in [0.15, 0.2) is 6.61 Å². The van der Waals surface area contributed by atoms with E-state index in [1.807, 2.05) is 62.4 Å². The molecular weight excluding hydrogens is 316 g/mol. The van der Waals surface area contributed by atoms with E-state index in [0.717, 1.165) is 16.7 Å². The zero-order chi connectivity index (χ0) is 17.8. The highest BCUT2D eigenvalue weighted by Crippen LogP contribution is 2.26. The van der Waals surface area contributed by atoms with E-state index in [9.17, 15) is 9.59 Å². The van der Waals surface area contributed by atoms with E-state index in [1.54, 1.807) is 4.90 Å². The number of nitrogens with zero attached hydrogens (tertiary/aromatic N) is 1. The van der Waals surface area contributed by atoms with Crippen LogP contribution in [0.25, 0.3) is 0 Å². The molecule has 1 heterocycles. The topological polar surface area (TPSA) is 58.6 Å². The van der Waals surface area contributed by atoms with Crippen LogP contribution in [-0.2, 0) is 9.59 Å². The molecule has 1 atom stereocenters. The third kappa shape index (κ3) is 3.82. The average Bonchev–Trinajstić information content (AvgIpc) is 2.61. The van der Waals surface area contributed by atoms with E-state index in [2.05, 4.69) is 5.32 Å². The first-order chi connectivity index (χ1) is 12.1. The summed E-state index contributed by atoms with van der Waals surface area (Å²) in [6.07, 6.45) is 0. The molecule has 5 heteroatoms. The molecule has 2 aromatic rings. The summed E-state index contributed by atoms with van der Waals surface area (Å²) in [4.78, 5) is 26.7. The van der Waals surface area contributed by atoms with Crippen LogP contribution in [0.15, 0.2) is 48.5 Å². The van der Waals surface area contributed by atoms with Crippen LogP contribution in [0.2, 0.25) is 0 Å². The Morgan fingerprint density at radius 2 is 1.88 bits per heavy atom. The van der Waals surface area contributed by atoms with Crippen molar-refractivity contribution in [3.63, 3.8) is 0 Å². The van der Waals surface area contributed by atoms with Gasteiger partial charge in [-0.05, 0) is 37.1 Å². The number of carbonyl (C=O) groups is 2. The molecule has 1 fully saturated rings. The van der Waals surface area contributed by atoms with Crippen molar-refractivity contribution in [3.8, 4) is 5.75 Å². The molecule has 130 valence electrons. The van der Waals surface area contributed by atoms with Crippen LogP contribution in [0, 0.1) is 13.8 Å². The number of piperazine rings is 1. The Morgan fingerprint density at radius 1 is 1.16 bits per heavy atom. The Kier molecular flexibility index (Phi) is 5.03. The lowest BCUT2D eigenvalue weighted by Gasteiger charge is -2.35. The number of carbonyl (C=O) groups excluding carboxylic acids is 2. The number of benzene rings is 2. The van der Waals surface area contributed by atoms with Gasteiger partial charge >= 0.3 is 0 Å². The highest BCUT2D eigenvalue weighted by Gasteiger charge is 2.35. The maximum atomic E-state index is 12.7. The van der Waals surface area contributed by atoms with Crippen LogP contribution in [-0.4, -0.2) is 36.4 Å². The third-order valence-corrected chi connectivity index (χ3v) is 4.40. The van der Waals surface area contributed by atoms with Crippen molar-refractivity contribution in [3.05, 3.63) is 65.2 Å². The smallest absolute Gasteiger partial charge is 0.261 e. The van der Waals surface area contributed by atoms with E-state index in [1.165, 1.54) is 0 Å². The van der Waals surface area contributed by atoms with Crippen molar-refractivity contribution in [2.75, 3.05) is 19.7 Å². The third-order valence-electron chi connectivity index (χ3n) is 4.40. The van der Waals surface area contributed by atoms with Gasteiger partial charge in [0.1, 0.15) is 11.8 Å². The molecule has 0 radical (unpaired) electrons. The largest absolute Gasteiger partial charge is 0.484 e. The SMILES string of the molecule is Cc1ccc(OCC(=O)N2CCNC(=O)C2c2ccccc2C)cc1. The minimum atomic E-state index is -0.607. The summed E-state index contributed by atoms with van der Waals surface area (Å²) in [5.74, 6) is 0.306. The lowest BCUT2D eigenvalue weighted by atomic mass is 9.97. The standard InChI is InChI=1S/C20H22N2O3/c1-14-7-9-16(10-8-14)25-13-18(23)22-12-11-21-20(24)19(22)17-6-4-3-5-15(17)2/h3-10,19H,11-13H2,1-2H3,(H,21,24). The molecule has 0 spiro atoms. The molecular formula is C20H22N2O3. The summed E-state index contributed by atoms with van der Waals surface area (Å²) in [5.41, 5.74) is 2.97. The van der Waals surface area contributed by atoms with Gasteiger partial charge in [-0.15, -0.1) is 0 Å². The van der Waals surface area contributed by atoms with E-state index in [4.69, 9.17) is 4.74 Å². The maximum Gasteiger partial charge on any atom is 0.261 e. The predicted octanol–water partition coefficient (Wildman–Crippen LogP) is 2.38. The van der Waals surface area contributed by atoms with E-state index < -0.39 is 6.04 Å². The normalized spacial score (nSPS) is 17.1. The fourth-order valence-electron chi connectivity index (χ4n) is 3.00. The second-order valence-electron chi connectivity index (χ2n) is 6.24. The summed E-state index contributed by atoms with van der Waals surface area (Å²) in [6, 6.07) is 14.6. The van der Waals surface area contributed by atoms with Gasteiger partial charge in [-0.25, -0.2) is 0 Å². The van der Waals surface area contributed by atoms with Gasteiger partial charge in [-0.2, -0.15) is 0 Å². The van der Waals surface area contributed by atoms with Gasteiger partial charge in [0.25, 0.3) is 5.91 Å². The van der Waals surface area contributed by atoms with Crippen LogP contribution in [0.3, 0.4) is 0 Å². The number of hydrogen-bond acceptors (Lipinski definition) is 3. The predicted molar refractivity (Wildman–Crippen MR) is 95.3 cm³/mol. The van der Waals surface area contributed by atoms with E-state index in [-0.39, 0.29) is 18.4 Å². The Bertz CT molecular complexity index is 771. The van der Waals surface area contributed by atoms with Gasteiger partial charge in [0.2, 0.25) is 5.91 Å². The minimum Gasteiger partial charge on any atom is -0.484 e. The highest BCUT2D eigenvalue weighted by molar-refractivity contribution is 5.90. The minimum absolute atomic E-state index is 0.0846. The summed E-state index contributed by atoms with van der Waals surface area (Å²) in [7, 11) is 0. The van der Waals surface area contributed by atoms with Gasteiger partial charge < -0.3 is 15.0 Å². The van der Waals surface area contributed by atoms with Crippen LogP contribution in [0.5, 0.6) is 5.75 Å². The number of rotatable bonds is 4. The van der Waals surface area contributed by atoms with Crippen LogP contribution in [0.1, 0.15) is 22.7 Å². The second-order valence-corrected chi connectivity index (χ2v) is 6.24. The van der Waals surface area contributed by atoms with Crippen molar-refractivity contribution in [1.82, 2.24) is 10.2 Å². The zero-order valence-electron chi connectivity index (χ0n) is 14.5. The lowest BCUT2D eigenvalue weighted by molar-refractivity contribution is -0.145. The van der Waals surface area contributed by atoms with E-state index in [0.29, 0.717) is 18.8 Å². The number of amides is 2. The summed E-state index contributed by atoms with van der Waals surface area (Å²) >= 11 is 0. The van der Waals surface area contributed by atoms with Crippen molar-refractivity contribution in [2.24, 2.45) is 0 Å². The Labute approximate surface area is 147 Å². The first-order valence-electron chi connectivity index (χ1n) is 8.38. The molecule has 1 saturated heterocycles. The van der Waals surface area contributed by atoms with Crippen molar-refractivity contribution >= 4 is 11.8 Å². The fraction of sp³-hybridized carbons (Fsp3) is 0.300. The van der Waals surface area contributed by atoms with Gasteiger partial charge in [0.05, 0.1) is 0 Å². The van der Waals surface area contributed by atoms with Crippen LogP contribution in [0.4, 0.5) is 0 Å². The van der Waals surface area contributed by atoms with Gasteiger partial charge in [0, 0.05) is 13.1 Å². The number of ether oxygens (including phenoxy) is 1. The zero-order valence-corrected chi connectivity index (χ0v) is 14.5. The second kappa shape index (κ2) is 7.38. The van der Waals surface area contributed by atoms with Gasteiger partial charge in [-0.3, -0.25) is 9.59 Å². The summed E-state index contributed by atoms with van der Waals surface area (Å²) in [6.45, 7) is 4.79. The molecule has 5 nitrogen and oxygen atoms in total. The molecule has 0 aromatic heterocycles. The van der Waals surface area contributed by atoms with Crippen molar-refractivity contribution in [1.29, 1.82) is 0 Å². The van der Waals surface area contributed by atoms with Crippen LogP contribution >= 0.6 is 0 Å². The Hall–Kier alpha value is -2.82. The Balaban J connectivity index is 1.76. The highest BCUT2D eigenvalue weighted by atomic mass is 16.5. The summed E-state index contributed by atoms with van der Waals surface area (Å²) < 4.78 is 5.60. The molecule has 25 heavy (non-hydrogen) atoms. The lowest BCUT2D eigenvalue weighted by Crippen LogP contribution is -2.53. The summed E-state index contributed by atoms with van der Waals surface area (Å²) in [5, 5.41) is 2.85. The molecule has 1 aliphatic heterocycles. The van der Waals surface area contributed by atoms with E-state index >= 15 is 0 Å². The first-order valence-corrected chi connectivity index (χ1v) is 8.38. The number of hydrogen-bond donors (Lipinski definition) is 1. The molecule has 0 aliphatic carbocycles. The molecule has 1 N–H and O–H groups in total. The quantitative estimate of drug-likeness (QED) is 0.931. The van der Waals surface area contributed by atoms with Crippen molar-refractivity contribution in [2.45, 2.75) is 19.9 Å². The molecule has 0 saturated carbocycles. The van der Waals surface area contributed by atoms with Crippen LogP contribution < -0.4 is 10.1 Å².